The zero-order valence-electron chi connectivity index (χ0n) is 11.4. The Kier molecular flexibility index (Phi) is 3.59. The van der Waals surface area contributed by atoms with Crippen molar-refractivity contribution in [3.05, 3.63) is 66.0 Å². The maximum atomic E-state index is 5.24. The van der Waals surface area contributed by atoms with Gasteiger partial charge < -0.3 is 4.74 Å². The van der Waals surface area contributed by atoms with Gasteiger partial charge in [0.25, 0.3) is 0 Å². The molecule has 0 unspecified atom stereocenters. The molecule has 0 bridgehead atoms. The molecule has 0 aliphatic carbocycles. The van der Waals surface area contributed by atoms with Gasteiger partial charge in [0.05, 0.1) is 23.8 Å². The van der Waals surface area contributed by atoms with E-state index in [2.05, 4.69) is 22.1 Å². The molecule has 20 heavy (non-hydrogen) atoms. The van der Waals surface area contributed by atoms with Gasteiger partial charge in [0.1, 0.15) is 5.75 Å². The highest BCUT2D eigenvalue weighted by Gasteiger charge is 2.01. The zero-order valence-corrected chi connectivity index (χ0v) is 11.4. The molecule has 0 N–H and O–H groups in total. The number of ether oxygens (including phenoxy) is 1. The lowest BCUT2D eigenvalue weighted by atomic mass is 10.1. The van der Waals surface area contributed by atoms with Crippen LogP contribution in [0.25, 0.3) is 11.0 Å². The first kappa shape index (κ1) is 12.6. The lowest BCUT2D eigenvalue weighted by Crippen LogP contribution is -1.97. The number of rotatable bonds is 4. The van der Waals surface area contributed by atoms with Crippen LogP contribution in [0.3, 0.4) is 0 Å². The van der Waals surface area contributed by atoms with E-state index in [0.717, 1.165) is 35.3 Å². The van der Waals surface area contributed by atoms with Crippen molar-refractivity contribution >= 4 is 11.0 Å². The Labute approximate surface area is 118 Å². The van der Waals surface area contributed by atoms with Gasteiger partial charge >= 0.3 is 0 Å². The molecule has 3 nitrogen and oxygen atoms in total. The quantitative estimate of drug-likeness (QED) is 0.724. The van der Waals surface area contributed by atoms with Gasteiger partial charge in [0, 0.05) is 6.20 Å². The molecule has 100 valence electrons. The Morgan fingerprint density at radius 2 is 1.80 bits per heavy atom. The maximum absolute atomic E-state index is 5.24. The summed E-state index contributed by atoms with van der Waals surface area (Å²) < 4.78 is 5.24. The van der Waals surface area contributed by atoms with Crippen LogP contribution in [0.2, 0.25) is 0 Å². The van der Waals surface area contributed by atoms with Crippen LogP contribution in [0.5, 0.6) is 5.75 Å². The molecular formula is C17H16N2O. The number of nitrogens with zero attached hydrogens (tertiary/aromatic N) is 2. The van der Waals surface area contributed by atoms with E-state index in [1.807, 2.05) is 42.6 Å². The summed E-state index contributed by atoms with van der Waals surface area (Å²) in [7, 11) is 1.69. The van der Waals surface area contributed by atoms with Gasteiger partial charge in [-0.25, -0.2) is 4.98 Å². The Bertz CT molecular complexity index is 725. The molecule has 3 heteroatoms. The number of methoxy groups -OCH3 is 1. The van der Waals surface area contributed by atoms with Crippen LogP contribution in [0.15, 0.2) is 54.7 Å². The number of hydrogen-bond acceptors (Lipinski definition) is 3. The largest absolute Gasteiger partial charge is 0.497 e. The second kappa shape index (κ2) is 5.70. The minimum Gasteiger partial charge on any atom is -0.497 e. The molecule has 3 rings (SSSR count). The Morgan fingerprint density at radius 3 is 2.65 bits per heavy atom. The predicted octanol–water partition coefficient (Wildman–Crippen LogP) is 3.42. The predicted molar refractivity (Wildman–Crippen MR) is 79.9 cm³/mol. The van der Waals surface area contributed by atoms with Crippen molar-refractivity contribution in [3.63, 3.8) is 0 Å². The summed E-state index contributed by atoms with van der Waals surface area (Å²) in [6.45, 7) is 0. The number of aryl methyl sites for hydroxylation is 2. The summed E-state index contributed by atoms with van der Waals surface area (Å²) in [6, 6.07) is 16.1. The van der Waals surface area contributed by atoms with Crippen molar-refractivity contribution in [1.29, 1.82) is 0 Å². The molecule has 1 heterocycles. The van der Waals surface area contributed by atoms with E-state index in [0.29, 0.717) is 0 Å². The van der Waals surface area contributed by atoms with E-state index in [9.17, 15) is 0 Å². The average molecular weight is 264 g/mol. The van der Waals surface area contributed by atoms with Crippen molar-refractivity contribution in [2.75, 3.05) is 7.11 Å². The Hall–Kier alpha value is -2.42. The highest BCUT2D eigenvalue weighted by atomic mass is 16.5. The molecule has 0 fully saturated rings. The lowest BCUT2D eigenvalue weighted by molar-refractivity contribution is 0.414. The fraction of sp³-hybridized carbons (Fsp3) is 0.176. The molecule has 1 aromatic heterocycles. The van der Waals surface area contributed by atoms with Gasteiger partial charge in [-0.15, -0.1) is 0 Å². The topological polar surface area (TPSA) is 35.0 Å². The molecule has 0 saturated heterocycles. The third-order valence-electron chi connectivity index (χ3n) is 3.30. The minimum atomic E-state index is 0.880. The SMILES string of the molecule is COc1cccc(CCc2cnc3ccccc3n2)c1. The normalized spacial score (nSPS) is 10.7. The van der Waals surface area contributed by atoms with E-state index in [-0.39, 0.29) is 0 Å². The van der Waals surface area contributed by atoms with Crippen molar-refractivity contribution in [3.8, 4) is 5.75 Å². The van der Waals surface area contributed by atoms with Crippen LogP contribution < -0.4 is 4.74 Å². The summed E-state index contributed by atoms with van der Waals surface area (Å²) in [5, 5.41) is 0. The molecule has 3 aromatic rings. The third-order valence-corrected chi connectivity index (χ3v) is 3.30. The fourth-order valence-electron chi connectivity index (χ4n) is 2.22. The van der Waals surface area contributed by atoms with E-state index >= 15 is 0 Å². The Morgan fingerprint density at radius 1 is 0.950 bits per heavy atom. The summed E-state index contributed by atoms with van der Waals surface area (Å²) >= 11 is 0. The van der Waals surface area contributed by atoms with Crippen LogP contribution in [0.1, 0.15) is 11.3 Å². The summed E-state index contributed by atoms with van der Waals surface area (Å²) in [5.74, 6) is 0.895. The fourth-order valence-corrected chi connectivity index (χ4v) is 2.22. The molecule has 0 atom stereocenters. The van der Waals surface area contributed by atoms with E-state index in [1.54, 1.807) is 7.11 Å². The monoisotopic (exact) mass is 264 g/mol. The third kappa shape index (κ3) is 2.77. The minimum absolute atomic E-state index is 0.880. The number of benzene rings is 2. The number of aromatic nitrogens is 2. The van der Waals surface area contributed by atoms with E-state index in [4.69, 9.17) is 4.74 Å². The lowest BCUT2D eigenvalue weighted by Gasteiger charge is -2.05. The van der Waals surface area contributed by atoms with Gasteiger partial charge in [-0.1, -0.05) is 24.3 Å². The highest BCUT2D eigenvalue weighted by Crippen LogP contribution is 2.15. The van der Waals surface area contributed by atoms with Gasteiger partial charge in [0.15, 0.2) is 0 Å². The molecule has 0 radical (unpaired) electrons. The van der Waals surface area contributed by atoms with E-state index < -0.39 is 0 Å². The van der Waals surface area contributed by atoms with Crippen LogP contribution in [0.4, 0.5) is 0 Å². The molecule has 0 saturated carbocycles. The smallest absolute Gasteiger partial charge is 0.119 e. The van der Waals surface area contributed by atoms with Crippen LogP contribution in [-0.2, 0) is 12.8 Å². The molecule has 2 aromatic carbocycles. The first-order valence-corrected chi connectivity index (χ1v) is 6.69. The molecule has 0 spiro atoms. The second-order valence-electron chi connectivity index (χ2n) is 4.70. The zero-order chi connectivity index (χ0) is 13.8. The van der Waals surface area contributed by atoms with Crippen LogP contribution in [0, 0.1) is 0 Å². The Balaban J connectivity index is 1.76. The first-order chi connectivity index (χ1) is 9.85. The van der Waals surface area contributed by atoms with Crippen molar-refractivity contribution in [2.45, 2.75) is 12.8 Å². The number of para-hydroxylation sites is 2. The summed E-state index contributed by atoms with van der Waals surface area (Å²) in [4.78, 5) is 9.08. The second-order valence-corrected chi connectivity index (χ2v) is 4.70. The molecule has 0 aliphatic rings. The highest BCUT2D eigenvalue weighted by molar-refractivity contribution is 5.73. The van der Waals surface area contributed by atoms with Gasteiger partial charge in [-0.2, -0.15) is 0 Å². The maximum Gasteiger partial charge on any atom is 0.119 e. The van der Waals surface area contributed by atoms with Crippen LogP contribution in [-0.4, -0.2) is 17.1 Å². The summed E-state index contributed by atoms with van der Waals surface area (Å²) in [5.41, 5.74) is 4.17. The van der Waals surface area contributed by atoms with Crippen LogP contribution >= 0.6 is 0 Å². The summed E-state index contributed by atoms with van der Waals surface area (Å²) in [6.07, 6.45) is 3.68. The van der Waals surface area contributed by atoms with Crippen molar-refractivity contribution in [1.82, 2.24) is 9.97 Å². The molecule has 0 amide bonds. The van der Waals surface area contributed by atoms with Crippen molar-refractivity contribution < 1.29 is 4.74 Å². The van der Waals surface area contributed by atoms with Gasteiger partial charge in [0.2, 0.25) is 0 Å². The average Bonchev–Trinajstić information content (AvgIpc) is 2.53. The standard InChI is InChI=1S/C17H16N2O/c1-20-15-6-4-5-13(11-15)9-10-14-12-18-16-7-2-3-8-17(16)19-14/h2-8,11-12H,9-10H2,1H3. The van der Waals surface area contributed by atoms with Crippen molar-refractivity contribution in [2.24, 2.45) is 0 Å². The van der Waals surface area contributed by atoms with Gasteiger partial charge in [-0.3, -0.25) is 4.98 Å². The molecule has 0 aliphatic heterocycles. The van der Waals surface area contributed by atoms with E-state index in [1.165, 1.54) is 5.56 Å². The molecular weight excluding hydrogens is 248 g/mol. The number of fused-ring (bicyclic) bond motifs is 1. The first-order valence-electron chi connectivity index (χ1n) is 6.69. The number of hydrogen-bond donors (Lipinski definition) is 0. The van der Waals surface area contributed by atoms with Gasteiger partial charge in [-0.05, 0) is 42.7 Å².